The summed E-state index contributed by atoms with van der Waals surface area (Å²) >= 11 is 1.45. The molecule has 29 heavy (non-hydrogen) atoms. The summed E-state index contributed by atoms with van der Waals surface area (Å²) in [5.41, 5.74) is 1.92. The van der Waals surface area contributed by atoms with E-state index in [-0.39, 0.29) is 11.3 Å². The lowest BCUT2D eigenvalue weighted by Gasteiger charge is -2.11. The van der Waals surface area contributed by atoms with Crippen molar-refractivity contribution in [3.63, 3.8) is 0 Å². The van der Waals surface area contributed by atoms with Gasteiger partial charge in [-0.2, -0.15) is 0 Å². The third-order valence-corrected chi connectivity index (χ3v) is 6.16. The first-order valence-corrected chi connectivity index (χ1v) is 9.89. The summed E-state index contributed by atoms with van der Waals surface area (Å²) in [6.45, 7) is 7.30. The molecular formula is C21H20N2O5S. The van der Waals surface area contributed by atoms with Crippen LogP contribution in [0.5, 0.6) is 5.75 Å². The molecule has 0 aliphatic rings. The van der Waals surface area contributed by atoms with E-state index in [2.05, 4.69) is 9.97 Å². The molecule has 0 bridgehead atoms. The largest absolute Gasteiger partial charge is 0.497 e. The van der Waals surface area contributed by atoms with Gasteiger partial charge >= 0.3 is 5.97 Å². The number of aromatic nitrogens is 2. The van der Waals surface area contributed by atoms with Crippen molar-refractivity contribution in [2.24, 2.45) is 0 Å². The van der Waals surface area contributed by atoms with E-state index in [9.17, 15) is 9.59 Å². The van der Waals surface area contributed by atoms with Crippen LogP contribution in [0.3, 0.4) is 0 Å². The fourth-order valence-electron chi connectivity index (χ4n) is 3.26. The van der Waals surface area contributed by atoms with Crippen molar-refractivity contribution in [2.45, 2.75) is 33.8 Å². The average molecular weight is 412 g/mol. The number of carbonyl (C=O) groups is 1. The molecular weight excluding hydrogens is 392 g/mol. The molecule has 0 spiro atoms. The Labute approximate surface area is 170 Å². The number of rotatable bonds is 4. The molecule has 7 nitrogen and oxygen atoms in total. The van der Waals surface area contributed by atoms with Gasteiger partial charge in [-0.25, -0.2) is 9.78 Å². The van der Waals surface area contributed by atoms with Crippen molar-refractivity contribution in [3.05, 3.63) is 56.1 Å². The van der Waals surface area contributed by atoms with Gasteiger partial charge in [0.15, 0.2) is 11.9 Å². The fraction of sp³-hybridized carbons (Fsp3) is 0.286. The van der Waals surface area contributed by atoms with Crippen LogP contribution in [0.1, 0.15) is 45.4 Å². The number of hydrogen-bond donors (Lipinski definition) is 1. The molecule has 0 fully saturated rings. The topological polar surface area (TPSA) is 94.4 Å². The first-order valence-electron chi connectivity index (χ1n) is 9.08. The minimum atomic E-state index is -0.746. The molecule has 4 rings (SSSR count). The quantitative estimate of drug-likeness (QED) is 0.493. The number of H-pyrrole nitrogens is 1. The first kappa shape index (κ1) is 19.2. The Hall–Kier alpha value is -3.13. The van der Waals surface area contributed by atoms with Crippen LogP contribution in [0.2, 0.25) is 0 Å². The van der Waals surface area contributed by atoms with Crippen LogP contribution >= 0.6 is 11.3 Å². The predicted molar refractivity (Wildman–Crippen MR) is 111 cm³/mol. The average Bonchev–Trinajstić information content (AvgIpc) is 3.18. The fourth-order valence-corrected chi connectivity index (χ4v) is 4.29. The molecule has 150 valence electrons. The summed E-state index contributed by atoms with van der Waals surface area (Å²) in [7, 11) is 1.58. The van der Waals surface area contributed by atoms with Crippen molar-refractivity contribution in [3.8, 4) is 5.75 Å². The summed E-state index contributed by atoms with van der Waals surface area (Å²) in [5, 5.41) is 1.36. The predicted octanol–water partition coefficient (Wildman–Crippen LogP) is 4.58. The monoisotopic (exact) mass is 412 g/mol. The number of hydrogen-bond acceptors (Lipinski definition) is 7. The standard InChI is InChI=1S/C21H20N2O5S/c1-9-12(4)29-20-16(9)19(24)22-18(23-20)11(3)27-21(25)17-10(2)14-8-13(26-5)6-7-15(14)28-17/h6-8,11H,1-5H3,(H,22,23,24)/t11-/m0/s1. The second kappa shape index (κ2) is 7.04. The van der Waals surface area contributed by atoms with E-state index >= 15 is 0 Å². The Morgan fingerprint density at radius 3 is 2.72 bits per heavy atom. The highest BCUT2D eigenvalue weighted by atomic mass is 32.1. The van der Waals surface area contributed by atoms with Crippen LogP contribution in [-0.2, 0) is 4.74 Å². The second-order valence-corrected chi connectivity index (χ2v) is 8.08. The van der Waals surface area contributed by atoms with Gasteiger partial charge in [0.2, 0.25) is 5.76 Å². The van der Waals surface area contributed by atoms with Crippen LogP contribution in [0.25, 0.3) is 21.2 Å². The van der Waals surface area contributed by atoms with Crippen molar-refractivity contribution in [2.75, 3.05) is 7.11 Å². The van der Waals surface area contributed by atoms with Gasteiger partial charge in [0, 0.05) is 15.8 Å². The van der Waals surface area contributed by atoms with Gasteiger partial charge in [0.25, 0.3) is 5.56 Å². The van der Waals surface area contributed by atoms with E-state index in [4.69, 9.17) is 13.9 Å². The molecule has 4 aromatic rings. The zero-order chi connectivity index (χ0) is 20.9. The number of fused-ring (bicyclic) bond motifs is 2. The summed E-state index contributed by atoms with van der Waals surface area (Å²) in [6, 6.07) is 5.32. The van der Waals surface area contributed by atoms with Gasteiger partial charge in [-0.05, 0) is 51.5 Å². The zero-order valence-corrected chi connectivity index (χ0v) is 17.5. The number of esters is 1. The number of aryl methyl sites for hydroxylation is 3. The maximum atomic E-state index is 12.7. The molecule has 0 unspecified atom stereocenters. The molecule has 1 aromatic carbocycles. The SMILES string of the molecule is COc1ccc2oc(C(=O)O[C@@H](C)c3nc4sc(C)c(C)c4c(=O)[nH]3)c(C)c2c1. The minimum Gasteiger partial charge on any atom is -0.497 e. The van der Waals surface area contributed by atoms with E-state index in [0.29, 0.717) is 32.9 Å². The summed E-state index contributed by atoms with van der Waals surface area (Å²) in [5.74, 6) is 0.469. The highest BCUT2D eigenvalue weighted by Crippen LogP contribution is 2.31. The molecule has 0 radical (unpaired) electrons. The van der Waals surface area contributed by atoms with E-state index in [1.807, 2.05) is 19.9 Å². The van der Waals surface area contributed by atoms with Crippen molar-refractivity contribution in [1.29, 1.82) is 0 Å². The number of nitrogens with zero attached hydrogens (tertiary/aromatic N) is 1. The highest BCUT2D eigenvalue weighted by molar-refractivity contribution is 7.18. The van der Waals surface area contributed by atoms with E-state index in [0.717, 1.165) is 15.8 Å². The van der Waals surface area contributed by atoms with Gasteiger partial charge < -0.3 is 18.9 Å². The van der Waals surface area contributed by atoms with E-state index < -0.39 is 12.1 Å². The van der Waals surface area contributed by atoms with Crippen LogP contribution in [0.4, 0.5) is 0 Å². The molecule has 0 aliphatic carbocycles. The Balaban J connectivity index is 1.65. The molecule has 1 N–H and O–H groups in total. The van der Waals surface area contributed by atoms with Crippen molar-refractivity contribution < 1.29 is 18.7 Å². The third kappa shape index (κ3) is 3.19. The molecule has 0 saturated heterocycles. The number of carbonyl (C=O) groups excluding carboxylic acids is 1. The van der Waals surface area contributed by atoms with Crippen LogP contribution in [0.15, 0.2) is 27.4 Å². The van der Waals surface area contributed by atoms with Crippen LogP contribution in [0, 0.1) is 20.8 Å². The Bertz CT molecular complexity index is 1310. The number of ether oxygens (including phenoxy) is 2. The highest BCUT2D eigenvalue weighted by Gasteiger charge is 2.24. The maximum absolute atomic E-state index is 12.7. The number of methoxy groups -OCH3 is 1. The molecule has 0 amide bonds. The Kier molecular flexibility index (Phi) is 4.66. The number of thiophene rings is 1. The Morgan fingerprint density at radius 2 is 2.00 bits per heavy atom. The number of aromatic amines is 1. The summed E-state index contributed by atoms with van der Waals surface area (Å²) in [6.07, 6.45) is -0.746. The molecule has 3 aromatic heterocycles. The van der Waals surface area contributed by atoms with Gasteiger partial charge in [-0.15, -0.1) is 11.3 Å². The number of nitrogens with one attached hydrogen (secondary N) is 1. The van der Waals surface area contributed by atoms with Gasteiger partial charge in [-0.3, -0.25) is 4.79 Å². The van der Waals surface area contributed by atoms with Crippen LogP contribution in [-0.4, -0.2) is 23.0 Å². The minimum absolute atomic E-state index is 0.117. The second-order valence-electron chi connectivity index (χ2n) is 6.88. The normalized spacial score (nSPS) is 12.4. The number of benzene rings is 1. The molecule has 1 atom stereocenters. The smallest absolute Gasteiger partial charge is 0.375 e. The van der Waals surface area contributed by atoms with Crippen molar-refractivity contribution >= 4 is 38.5 Å². The van der Waals surface area contributed by atoms with Gasteiger partial charge in [-0.1, -0.05) is 0 Å². The van der Waals surface area contributed by atoms with Gasteiger partial charge in [0.05, 0.1) is 12.5 Å². The summed E-state index contributed by atoms with van der Waals surface area (Å²) in [4.78, 5) is 34.1. The number of furan rings is 1. The summed E-state index contributed by atoms with van der Waals surface area (Å²) < 4.78 is 16.5. The third-order valence-electron chi connectivity index (χ3n) is 5.06. The molecule has 0 saturated carbocycles. The van der Waals surface area contributed by atoms with Crippen molar-refractivity contribution in [1.82, 2.24) is 9.97 Å². The lowest BCUT2D eigenvalue weighted by molar-refractivity contribution is 0.0285. The maximum Gasteiger partial charge on any atom is 0.375 e. The Morgan fingerprint density at radius 1 is 1.24 bits per heavy atom. The van der Waals surface area contributed by atoms with E-state index in [1.54, 1.807) is 33.1 Å². The lowest BCUT2D eigenvalue weighted by Crippen LogP contribution is -2.17. The lowest BCUT2D eigenvalue weighted by atomic mass is 10.1. The van der Waals surface area contributed by atoms with E-state index in [1.165, 1.54) is 11.3 Å². The van der Waals surface area contributed by atoms with Crippen LogP contribution < -0.4 is 10.3 Å². The first-order chi connectivity index (χ1) is 13.8. The molecule has 3 heterocycles. The molecule has 8 heteroatoms. The molecule has 0 aliphatic heterocycles. The zero-order valence-electron chi connectivity index (χ0n) is 16.7. The van der Waals surface area contributed by atoms with Gasteiger partial charge in [0.1, 0.15) is 16.2 Å².